The van der Waals surface area contributed by atoms with Gasteiger partial charge in [0.1, 0.15) is 60.1 Å². The number of aromatic hydroxyl groups is 1. The number of amides is 10. The second kappa shape index (κ2) is 31.4. The number of nitrogens with one attached hydrogen (secondary N) is 9. The fourth-order valence-corrected chi connectivity index (χ4v) is 9.00. The summed E-state index contributed by atoms with van der Waals surface area (Å²) >= 11 is 0. The van der Waals surface area contributed by atoms with Crippen LogP contribution in [0.25, 0.3) is 0 Å². The number of hydrogen-bond acceptors (Lipinski definition) is 13. The first-order chi connectivity index (χ1) is 37.1. The Morgan fingerprint density at radius 2 is 1.24 bits per heavy atom. The number of phenols is 1. The van der Waals surface area contributed by atoms with Crippen molar-refractivity contribution in [3.8, 4) is 5.75 Å². The van der Waals surface area contributed by atoms with E-state index in [0.717, 1.165) is 0 Å². The molecule has 4 rings (SSSR count). The van der Waals surface area contributed by atoms with Gasteiger partial charge < -0.3 is 74.4 Å². The zero-order valence-electron chi connectivity index (χ0n) is 45.1. The SMILES string of the molecule is CCC[C@H](NC(=O)[C@H](Cc1ccccc1)NC(=O)[C@@H]1CCC(=O)N1)C(=O)N[C@@H](CO)C(=O)N[C@@H](Cc1ccc(O)cc1)C(=O)N[C@H](C)C(=O)N[C@@H](CC(C)C)C(=O)N[C@@H](CCCN=C(N)N)C(=O)N1CCC[C@H]1C(=O)NCC. The number of carbonyl (C=O) groups excluding carboxylic acids is 10. The number of aliphatic hydroxyl groups excluding tert-OH is 1. The van der Waals surface area contributed by atoms with Crippen molar-refractivity contribution in [3.63, 3.8) is 0 Å². The normalized spacial score (nSPS) is 17.6. The largest absolute Gasteiger partial charge is 0.508 e. The summed E-state index contributed by atoms with van der Waals surface area (Å²) in [5, 5.41) is 44.1. The van der Waals surface area contributed by atoms with Crippen molar-refractivity contribution >= 4 is 65.0 Å². The van der Waals surface area contributed by atoms with Gasteiger partial charge in [0, 0.05) is 38.9 Å². The molecule has 10 amide bonds. The number of nitrogens with zero attached hydrogens (tertiary/aromatic N) is 2. The van der Waals surface area contributed by atoms with Crippen LogP contribution in [0.1, 0.15) is 104 Å². The second-order valence-electron chi connectivity index (χ2n) is 20.0. The highest BCUT2D eigenvalue weighted by Crippen LogP contribution is 2.21. The Morgan fingerprint density at radius 3 is 1.85 bits per heavy atom. The van der Waals surface area contributed by atoms with Crippen LogP contribution >= 0.6 is 0 Å². The lowest BCUT2D eigenvalue weighted by Gasteiger charge is -2.30. The molecule has 15 N–H and O–H groups in total. The fraction of sp³-hybridized carbons (Fsp3) is 0.566. The van der Waals surface area contributed by atoms with Crippen LogP contribution in [0, 0.1) is 5.92 Å². The molecule has 0 spiro atoms. The monoisotopic (exact) mass is 1090 g/mol. The molecule has 2 aromatic rings. The summed E-state index contributed by atoms with van der Waals surface area (Å²) in [5.41, 5.74) is 12.1. The standard InChI is InChI=1S/C53H79N13O12/c1-6-13-35(60-49(75)40(27-32-14-9-8-10-15-32)63-46(72)36-22-23-43(69)59-36)45(71)65-41(29-67)50(76)64-39(28-33-18-20-34(68)21-19-33)47(73)58-31(5)44(70)62-38(26-30(3)4)48(74)61-37(16-11-24-57-53(54)55)52(78)66-25-12-17-42(66)51(77)56-7-2/h8-10,14-15,18-21,30-31,35-42,67-68H,6-7,11-13,16-17,22-29H2,1-5H3,(H,56,77)(H,58,73)(H,59,69)(H,60,75)(H,61,74)(H,62,70)(H,63,72)(H,64,76)(H,65,71)(H4,54,55,57)/t31-,35+,36+,37+,38+,39+,40+,41+,42+/m1/s1. The van der Waals surface area contributed by atoms with Gasteiger partial charge in [-0.2, -0.15) is 0 Å². The highest BCUT2D eigenvalue weighted by Gasteiger charge is 2.39. The van der Waals surface area contributed by atoms with Crippen molar-refractivity contribution in [3.05, 3.63) is 65.7 Å². The Morgan fingerprint density at radius 1 is 0.679 bits per heavy atom. The van der Waals surface area contributed by atoms with Crippen molar-refractivity contribution < 1.29 is 58.2 Å². The number of hydrogen-bond donors (Lipinski definition) is 13. The zero-order valence-corrected chi connectivity index (χ0v) is 45.1. The van der Waals surface area contributed by atoms with E-state index in [-0.39, 0.29) is 93.9 Å². The van der Waals surface area contributed by atoms with Gasteiger partial charge in [0.05, 0.1) is 6.61 Å². The molecule has 0 bridgehead atoms. The van der Waals surface area contributed by atoms with Gasteiger partial charge in [0.2, 0.25) is 59.1 Å². The summed E-state index contributed by atoms with van der Waals surface area (Å²) in [5.74, 6) is -7.06. The third-order valence-corrected chi connectivity index (χ3v) is 13.1. The van der Waals surface area contributed by atoms with Crippen LogP contribution in [0.5, 0.6) is 5.75 Å². The minimum Gasteiger partial charge on any atom is -0.508 e. The summed E-state index contributed by atoms with van der Waals surface area (Å²) in [7, 11) is 0. The summed E-state index contributed by atoms with van der Waals surface area (Å²) in [4.78, 5) is 141. The van der Waals surface area contributed by atoms with Gasteiger partial charge in [-0.3, -0.25) is 52.9 Å². The topological polar surface area (TPSA) is 387 Å². The lowest BCUT2D eigenvalue weighted by Crippen LogP contribution is -2.61. The Hall–Kier alpha value is -7.83. The molecule has 78 heavy (non-hydrogen) atoms. The summed E-state index contributed by atoms with van der Waals surface area (Å²) in [6.07, 6.45) is 2.17. The van der Waals surface area contributed by atoms with Crippen LogP contribution in [0.3, 0.4) is 0 Å². The van der Waals surface area contributed by atoms with Crippen LogP contribution in [0.2, 0.25) is 0 Å². The van der Waals surface area contributed by atoms with Crippen LogP contribution in [-0.2, 0) is 60.8 Å². The minimum absolute atomic E-state index is 0.0356. The molecule has 2 fully saturated rings. The van der Waals surface area contributed by atoms with Crippen LogP contribution < -0.4 is 59.3 Å². The Labute approximate surface area is 454 Å². The molecule has 0 radical (unpaired) electrons. The smallest absolute Gasteiger partial charge is 0.245 e. The second-order valence-corrected chi connectivity index (χ2v) is 20.0. The number of aliphatic hydroxyl groups is 1. The molecule has 25 heteroatoms. The molecule has 0 saturated carbocycles. The van der Waals surface area contributed by atoms with Crippen LogP contribution in [0.4, 0.5) is 0 Å². The van der Waals surface area contributed by atoms with Crippen molar-refractivity contribution in [1.29, 1.82) is 0 Å². The number of guanidine groups is 1. The van der Waals surface area contributed by atoms with E-state index in [1.165, 1.54) is 36.1 Å². The van der Waals surface area contributed by atoms with Crippen molar-refractivity contribution in [2.24, 2.45) is 22.4 Å². The first-order valence-corrected chi connectivity index (χ1v) is 26.6. The third-order valence-electron chi connectivity index (χ3n) is 13.1. The quantitative estimate of drug-likeness (QED) is 0.0226. The first-order valence-electron chi connectivity index (χ1n) is 26.6. The van der Waals surface area contributed by atoms with Gasteiger partial charge in [-0.1, -0.05) is 69.7 Å². The molecule has 2 aromatic carbocycles. The summed E-state index contributed by atoms with van der Waals surface area (Å²) in [6.45, 7) is 8.36. The Bertz CT molecular complexity index is 2420. The summed E-state index contributed by atoms with van der Waals surface area (Å²) in [6, 6.07) is 3.70. The number of likely N-dealkylation sites (tertiary alicyclic amines) is 1. The molecule has 2 aliphatic heterocycles. The number of nitrogens with two attached hydrogens (primary N) is 2. The van der Waals surface area contributed by atoms with Gasteiger partial charge in [0.25, 0.3) is 0 Å². The maximum absolute atomic E-state index is 14.1. The number of likely N-dealkylation sites (N-methyl/N-ethyl adjacent to an activating group) is 1. The van der Waals surface area contributed by atoms with E-state index in [1.54, 1.807) is 44.2 Å². The molecule has 428 valence electrons. The van der Waals surface area contributed by atoms with E-state index in [9.17, 15) is 58.2 Å². The molecule has 2 aliphatic rings. The molecule has 0 aliphatic carbocycles. The lowest BCUT2D eigenvalue weighted by molar-refractivity contribution is -0.142. The zero-order chi connectivity index (χ0) is 57.5. The van der Waals surface area contributed by atoms with E-state index < -0.39 is 108 Å². The van der Waals surface area contributed by atoms with E-state index in [0.29, 0.717) is 36.9 Å². The molecule has 9 atom stereocenters. The molecule has 0 unspecified atom stereocenters. The van der Waals surface area contributed by atoms with Crippen LogP contribution in [-0.4, -0.2) is 161 Å². The molecular weight excluding hydrogens is 1010 g/mol. The fourth-order valence-electron chi connectivity index (χ4n) is 9.00. The number of rotatable bonds is 30. The molecule has 0 aromatic heterocycles. The molecular formula is C53H79N13O12. The number of benzene rings is 2. The first kappa shape index (κ1) is 62.7. The lowest BCUT2D eigenvalue weighted by atomic mass is 10.0. The predicted molar refractivity (Wildman–Crippen MR) is 287 cm³/mol. The average Bonchev–Trinajstić information content (AvgIpc) is 4.09. The van der Waals surface area contributed by atoms with Gasteiger partial charge in [-0.15, -0.1) is 0 Å². The van der Waals surface area contributed by atoms with Crippen molar-refractivity contribution in [1.82, 2.24) is 52.8 Å². The third kappa shape index (κ3) is 19.9. The van der Waals surface area contributed by atoms with E-state index in [1.807, 2.05) is 13.8 Å². The predicted octanol–water partition coefficient (Wildman–Crippen LogP) is -2.11. The van der Waals surface area contributed by atoms with Crippen molar-refractivity contribution in [2.75, 3.05) is 26.2 Å². The average molecular weight is 1090 g/mol. The van der Waals surface area contributed by atoms with Gasteiger partial charge in [-0.05, 0) is 88.0 Å². The highest BCUT2D eigenvalue weighted by atomic mass is 16.3. The number of aliphatic imine (C=N–C) groups is 1. The van der Waals surface area contributed by atoms with Crippen molar-refractivity contribution in [2.45, 2.75) is 160 Å². The van der Waals surface area contributed by atoms with Gasteiger partial charge in [0.15, 0.2) is 5.96 Å². The van der Waals surface area contributed by atoms with Crippen LogP contribution in [0.15, 0.2) is 59.6 Å². The maximum atomic E-state index is 14.1. The maximum Gasteiger partial charge on any atom is 0.245 e. The highest BCUT2D eigenvalue weighted by molar-refractivity contribution is 5.99. The van der Waals surface area contributed by atoms with E-state index in [4.69, 9.17) is 11.5 Å². The number of phenolic OH excluding ortho intramolecular Hbond substituents is 1. The van der Waals surface area contributed by atoms with Gasteiger partial charge >= 0.3 is 0 Å². The molecule has 2 heterocycles. The minimum atomic E-state index is -1.67. The Balaban J connectivity index is 1.49. The van der Waals surface area contributed by atoms with E-state index in [2.05, 4.69) is 52.8 Å². The molecule has 2 saturated heterocycles. The summed E-state index contributed by atoms with van der Waals surface area (Å²) < 4.78 is 0. The van der Waals surface area contributed by atoms with Gasteiger partial charge in [-0.25, -0.2) is 0 Å². The Kier molecular flexibility index (Phi) is 25.2. The van der Waals surface area contributed by atoms with E-state index >= 15 is 0 Å². The molecule has 25 nitrogen and oxygen atoms in total. The number of carbonyl (C=O) groups is 10.